The van der Waals surface area contributed by atoms with Crippen LogP contribution in [0.25, 0.3) is 0 Å². The topological polar surface area (TPSA) is 78.4 Å². The van der Waals surface area contributed by atoms with Crippen LogP contribution in [0.3, 0.4) is 0 Å². The van der Waals surface area contributed by atoms with E-state index in [1.54, 1.807) is 0 Å². The first-order valence-electron chi connectivity index (χ1n) is 11.2. The first-order valence-corrected chi connectivity index (χ1v) is 11.2. The van der Waals surface area contributed by atoms with Crippen LogP contribution in [-0.2, 0) is 11.3 Å². The van der Waals surface area contributed by atoms with Crippen LogP contribution in [0.2, 0.25) is 0 Å². The summed E-state index contributed by atoms with van der Waals surface area (Å²) in [6.07, 6.45) is 0. The smallest absolute Gasteiger partial charge is 0.233 e. The zero-order valence-corrected chi connectivity index (χ0v) is 18.8. The maximum absolute atomic E-state index is 5.45. The van der Waals surface area contributed by atoms with Gasteiger partial charge in [-0.15, -0.1) is 0 Å². The number of nitrogens with zero attached hydrogens (tertiary/aromatic N) is 5. The van der Waals surface area contributed by atoms with E-state index in [1.165, 1.54) is 11.3 Å². The van der Waals surface area contributed by atoms with Crippen molar-refractivity contribution < 1.29 is 4.74 Å². The molecule has 1 aromatic heterocycles. The summed E-state index contributed by atoms with van der Waals surface area (Å²) >= 11 is 0. The summed E-state index contributed by atoms with van der Waals surface area (Å²) in [6.45, 7) is 9.89. The van der Waals surface area contributed by atoms with Gasteiger partial charge in [0.1, 0.15) is 0 Å². The van der Waals surface area contributed by atoms with Crippen molar-refractivity contribution in [2.45, 2.75) is 20.4 Å². The Morgan fingerprint density at radius 3 is 2.25 bits per heavy atom. The fourth-order valence-electron chi connectivity index (χ4n) is 3.63. The Bertz CT molecular complexity index is 971. The molecule has 0 unspecified atom stereocenters. The summed E-state index contributed by atoms with van der Waals surface area (Å²) < 4.78 is 5.45. The average molecular weight is 434 g/mol. The molecular formula is C24H31N7O. The molecule has 168 valence electrons. The number of aromatic nitrogens is 3. The van der Waals surface area contributed by atoms with Gasteiger partial charge in [-0.25, -0.2) is 0 Å². The fraction of sp³-hybridized carbons (Fsp3) is 0.375. The number of ether oxygens (including phenoxy) is 1. The Labute approximate surface area is 189 Å². The van der Waals surface area contributed by atoms with Gasteiger partial charge in [0.05, 0.1) is 13.2 Å². The van der Waals surface area contributed by atoms with E-state index in [4.69, 9.17) is 4.74 Å². The molecule has 2 aromatic carbocycles. The maximum atomic E-state index is 5.45. The zero-order valence-electron chi connectivity index (χ0n) is 18.8. The van der Waals surface area contributed by atoms with E-state index in [0.717, 1.165) is 45.1 Å². The second-order valence-electron chi connectivity index (χ2n) is 7.57. The second-order valence-corrected chi connectivity index (χ2v) is 7.57. The maximum Gasteiger partial charge on any atom is 0.233 e. The SMILES string of the molecule is CCN(CC)c1nc(NCc2ccccc2)nc(Nc2ccc(N3CCOCC3)cc2)n1. The van der Waals surface area contributed by atoms with Crippen molar-refractivity contribution in [2.75, 3.05) is 59.8 Å². The molecule has 0 aliphatic carbocycles. The monoisotopic (exact) mass is 433 g/mol. The van der Waals surface area contributed by atoms with E-state index in [1.807, 2.05) is 18.2 Å². The Morgan fingerprint density at radius 1 is 0.875 bits per heavy atom. The van der Waals surface area contributed by atoms with Crippen LogP contribution in [-0.4, -0.2) is 54.3 Å². The molecule has 0 spiro atoms. The lowest BCUT2D eigenvalue weighted by molar-refractivity contribution is 0.122. The standard InChI is InChI=1S/C24H31N7O/c1-3-30(4-2)24-28-22(25-18-19-8-6-5-7-9-19)27-23(29-24)26-20-10-12-21(13-11-20)31-14-16-32-17-15-31/h5-13H,3-4,14-18H2,1-2H3,(H2,25,26,27,28,29). The van der Waals surface area contributed by atoms with Crippen LogP contribution in [0.1, 0.15) is 19.4 Å². The van der Waals surface area contributed by atoms with Crippen molar-refractivity contribution in [2.24, 2.45) is 0 Å². The normalized spacial score (nSPS) is 13.6. The number of rotatable bonds is 9. The second kappa shape index (κ2) is 10.8. The van der Waals surface area contributed by atoms with Gasteiger partial charge in [-0.2, -0.15) is 15.0 Å². The molecule has 1 saturated heterocycles. The van der Waals surface area contributed by atoms with Gasteiger partial charge in [0.25, 0.3) is 0 Å². The lowest BCUT2D eigenvalue weighted by Crippen LogP contribution is -2.36. The predicted octanol–water partition coefficient (Wildman–Crippen LogP) is 3.91. The van der Waals surface area contributed by atoms with E-state index in [0.29, 0.717) is 24.4 Å². The molecule has 0 radical (unpaired) electrons. The van der Waals surface area contributed by atoms with Gasteiger partial charge in [-0.1, -0.05) is 30.3 Å². The molecule has 0 amide bonds. The number of hydrogen-bond donors (Lipinski definition) is 2. The minimum Gasteiger partial charge on any atom is -0.378 e. The first-order chi connectivity index (χ1) is 15.7. The number of nitrogens with one attached hydrogen (secondary N) is 2. The lowest BCUT2D eigenvalue weighted by Gasteiger charge is -2.28. The summed E-state index contributed by atoms with van der Waals surface area (Å²) in [7, 11) is 0. The molecule has 32 heavy (non-hydrogen) atoms. The molecule has 3 aromatic rings. The summed E-state index contributed by atoms with van der Waals surface area (Å²) in [6, 6.07) is 18.6. The van der Waals surface area contributed by atoms with Gasteiger partial charge >= 0.3 is 0 Å². The molecule has 1 fully saturated rings. The third kappa shape index (κ3) is 5.64. The molecule has 8 nitrogen and oxygen atoms in total. The summed E-state index contributed by atoms with van der Waals surface area (Å²) in [5.74, 6) is 1.74. The molecule has 4 rings (SSSR count). The highest BCUT2D eigenvalue weighted by atomic mass is 16.5. The van der Waals surface area contributed by atoms with Gasteiger partial charge in [-0.05, 0) is 43.7 Å². The van der Waals surface area contributed by atoms with Crippen LogP contribution in [0.5, 0.6) is 0 Å². The van der Waals surface area contributed by atoms with Gasteiger partial charge in [0.15, 0.2) is 0 Å². The van der Waals surface area contributed by atoms with Crippen LogP contribution >= 0.6 is 0 Å². The molecule has 2 heterocycles. The molecule has 2 N–H and O–H groups in total. The van der Waals surface area contributed by atoms with E-state index in [-0.39, 0.29) is 0 Å². The van der Waals surface area contributed by atoms with Crippen LogP contribution in [0, 0.1) is 0 Å². The van der Waals surface area contributed by atoms with Crippen LogP contribution in [0.15, 0.2) is 54.6 Å². The van der Waals surface area contributed by atoms with Gasteiger partial charge in [0.2, 0.25) is 17.8 Å². The van der Waals surface area contributed by atoms with E-state index < -0.39 is 0 Å². The van der Waals surface area contributed by atoms with Gasteiger partial charge in [-0.3, -0.25) is 0 Å². The third-order valence-corrected chi connectivity index (χ3v) is 5.46. The Balaban J connectivity index is 1.51. The first kappa shape index (κ1) is 21.8. The molecular weight excluding hydrogens is 402 g/mol. The van der Waals surface area contributed by atoms with Crippen molar-refractivity contribution in [1.82, 2.24) is 15.0 Å². The molecule has 0 saturated carbocycles. The average Bonchev–Trinajstić information content (AvgIpc) is 2.85. The summed E-state index contributed by atoms with van der Waals surface area (Å²) in [5.41, 5.74) is 3.31. The molecule has 1 aliphatic rings. The Morgan fingerprint density at radius 2 is 1.56 bits per heavy atom. The molecule has 8 heteroatoms. The van der Waals surface area contributed by atoms with Crippen molar-refractivity contribution in [3.63, 3.8) is 0 Å². The summed E-state index contributed by atoms with van der Waals surface area (Å²) in [4.78, 5) is 18.4. The minimum absolute atomic E-state index is 0.525. The van der Waals surface area contributed by atoms with Gasteiger partial charge < -0.3 is 25.2 Å². The third-order valence-electron chi connectivity index (χ3n) is 5.46. The fourth-order valence-corrected chi connectivity index (χ4v) is 3.63. The molecule has 1 aliphatic heterocycles. The quantitative estimate of drug-likeness (QED) is 0.526. The number of anilines is 5. The van der Waals surface area contributed by atoms with E-state index in [9.17, 15) is 0 Å². The van der Waals surface area contributed by atoms with E-state index in [2.05, 4.69) is 85.6 Å². The number of hydrogen-bond acceptors (Lipinski definition) is 8. The number of morpholine rings is 1. The number of benzene rings is 2. The van der Waals surface area contributed by atoms with Crippen LogP contribution in [0.4, 0.5) is 29.2 Å². The largest absolute Gasteiger partial charge is 0.378 e. The van der Waals surface area contributed by atoms with E-state index >= 15 is 0 Å². The highest BCUT2D eigenvalue weighted by molar-refractivity contribution is 5.60. The zero-order chi connectivity index (χ0) is 22.2. The van der Waals surface area contributed by atoms with Crippen molar-refractivity contribution in [1.29, 1.82) is 0 Å². The highest BCUT2D eigenvalue weighted by Crippen LogP contribution is 2.22. The van der Waals surface area contributed by atoms with Crippen molar-refractivity contribution in [3.8, 4) is 0 Å². The van der Waals surface area contributed by atoms with Crippen molar-refractivity contribution in [3.05, 3.63) is 60.2 Å². The van der Waals surface area contributed by atoms with Crippen molar-refractivity contribution >= 4 is 29.2 Å². The summed E-state index contributed by atoms with van der Waals surface area (Å²) in [5, 5.41) is 6.68. The molecule has 0 bridgehead atoms. The Kier molecular flexibility index (Phi) is 7.34. The predicted molar refractivity (Wildman–Crippen MR) is 130 cm³/mol. The lowest BCUT2D eigenvalue weighted by atomic mass is 10.2. The highest BCUT2D eigenvalue weighted by Gasteiger charge is 2.13. The molecule has 0 atom stereocenters. The minimum atomic E-state index is 0.525. The van der Waals surface area contributed by atoms with Crippen LogP contribution < -0.4 is 20.4 Å². The van der Waals surface area contributed by atoms with Gasteiger partial charge in [0, 0.05) is 44.1 Å². The Hall–Kier alpha value is -3.39.